The van der Waals surface area contributed by atoms with Crippen molar-refractivity contribution < 1.29 is 13.2 Å². The first-order valence-corrected chi connectivity index (χ1v) is 10.9. The predicted molar refractivity (Wildman–Crippen MR) is 113 cm³/mol. The third kappa shape index (κ3) is 4.32. The van der Waals surface area contributed by atoms with Gasteiger partial charge in [0.15, 0.2) is 5.82 Å². The number of benzene rings is 2. The summed E-state index contributed by atoms with van der Waals surface area (Å²) in [4.78, 5) is 2.40. The van der Waals surface area contributed by atoms with Gasteiger partial charge in [0.2, 0.25) is 0 Å². The number of hydrogen-bond acceptors (Lipinski definition) is 6. The van der Waals surface area contributed by atoms with Crippen LogP contribution in [-0.2, 0) is 10.0 Å². The molecule has 0 unspecified atom stereocenters. The van der Waals surface area contributed by atoms with Gasteiger partial charge in [0.1, 0.15) is 5.75 Å². The molecule has 3 aromatic rings. The maximum absolute atomic E-state index is 12.5. The van der Waals surface area contributed by atoms with Crippen LogP contribution in [0.25, 0.3) is 11.3 Å². The lowest BCUT2D eigenvalue weighted by Crippen LogP contribution is -2.19. The van der Waals surface area contributed by atoms with Crippen molar-refractivity contribution in [2.75, 3.05) is 29.8 Å². The van der Waals surface area contributed by atoms with E-state index in [1.54, 1.807) is 24.3 Å². The highest BCUT2D eigenvalue weighted by Gasteiger charge is 2.15. The Morgan fingerprint density at radius 3 is 2.17 bits per heavy atom. The molecule has 29 heavy (non-hydrogen) atoms. The quantitative estimate of drug-likeness (QED) is 0.669. The van der Waals surface area contributed by atoms with Crippen LogP contribution in [0.4, 0.5) is 11.5 Å². The summed E-state index contributed by atoms with van der Waals surface area (Å²) in [7, 11) is -2.13. The van der Waals surface area contributed by atoms with Crippen LogP contribution in [0.1, 0.15) is 12.8 Å². The van der Waals surface area contributed by atoms with E-state index in [4.69, 9.17) is 4.74 Å². The Morgan fingerprint density at radius 1 is 0.897 bits per heavy atom. The smallest absolute Gasteiger partial charge is 0.261 e. The lowest BCUT2D eigenvalue weighted by molar-refractivity contribution is 0.414. The molecule has 0 spiro atoms. The van der Waals surface area contributed by atoms with Gasteiger partial charge >= 0.3 is 0 Å². The average molecular weight is 410 g/mol. The molecule has 1 aromatic heterocycles. The molecule has 0 saturated carbocycles. The normalized spacial score (nSPS) is 14.0. The molecule has 4 rings (SSSR count). The second-order valence-electron chi connectivity index (χ2n) is 6.83. The molecule has 2 heterocycles. The van der Waals surface area contributed by atoms with Crippen LogP contribution in [0.15, 0.2) is 65.6 Å². The fourth-order valence-electron chi connectivity index (χ4n) is 3.27. The van der Waals surface area contributed by atoms with Gasteiger partial charge in [-0.3, -0.25) is 4.72 Å². The molecule has 1 fully saturated rings. The van der Waals surface area contributed by atoms with E-state index in [0.717, 1.165) is 30.2 Å². The molecule has 0 amide bonds. The first-order valence-electron chi connectivity index (χ1n) is 9.41. The van der Waals surface area contributed by atoms with Gasteiger partial charge in [0, 0.05) is 24.3 Å². The summed E-state index contributed by atoms with van der Waals surface area (Å²) in [5.41, 5.74) is 2.10. The summed E-state index contributed by atoms with van der Waals surface area (Å²) < 4.78 is 32.7. The van der Waals surface area contributed by atoms with Crippen LogP contribution in [0.5, 0.6) is 5.75 Å². The number of sulfonamides is 1. The molecule has 2 aromatic carbocycles. The van der Waals surface area contributed by atoms with Crippen LogP contribution in [0, 0.1) is 0 Å². The minimum Gasteiger partial charge on any atom is -0.497 e. The summed E-state index contributed by atoms with van der Waals surface area (Å²) in [6.07, 6.45) is 2.38. The minimum atomic E-state index is -3.67. The van der Waals surface area contributed by atoms with Crippen molar-refractivity contribution in [2.45, 2.75) is 17.7 Å². The third-order valence-corrected chi connectivity index (χ3v) is 6.28. The number of rotatable bonds is 6. The van der Waals surface area contributed by atoms with Crippen molar-refractivity contribution in [2.24, 2.45) is 0 Å². The molecule has 150 valence electrons. The predicted octanol–water partition coefficient (Wildman–Crippen LogP) is 3.55. The van der Waals surface area contributed by atoms with E-state index in [1.165, 1.54) is 32.1 Å². The van der Waals surface area contributed by atoms with Crippen molar-refractivity contribution in [3.8, 4) is 17.0 Å². The molecule has 0 aliphatic carbocycles. The van der Waals surface area contributed by atoms with E-state index in [2.05, 4.69) is 19.8 Å². The first kappa shape index (κ1) is 19.2. The minimum absolute atomic E-state index is 0.172. The number of aromatic nitrogens is 2. The highest BCUT2D eigenvalue weighted by molar-refractivity contribution is 7.92. The summed E-state index contributed by atoms with van der Waals surface area (Å²) >= 11 is 0. The van der Waals surface area contributed by atoms with Crippen LogP contribution in [0.2, 0.25) is 0 Å². The lowest BCUT2D eigenvalue weighted by atomic mass is 10.1. The van der Waals surface area contributed by atoms with Crippen LogP contribution in [-0.4, -0.2) is 38.8 Å². The molecule has 7 nitrogen and oxygen atoms in total. The summed E-state index contributed by atoms with van der Waals surface area (Å²) in [6.45, 7) is 2.05. The summed E-state index contributed by atoms with van der Waals surface area (Å²) in [6, 6.07) is 17.2. The standard InChI is InChI=1S/C21H22N4O3S/c1-28-18-8-10-19(11-9-18)29(26,27)24-17-6-4-16(5-7-17)20-12-13-21(23-22-20)25-14-2-3-15-25/h4-13,24H,2-3,14-15H2,1H3. The Labute approximate surface area is 170 Å². The van der Waals surface area contributed by atoms with Crippen molar-refractivity contribution in [3.63, 3.8) is 0 Å². The van der Waals surface area contributed by atoms with Gasteiger partial charge in [-0.15, -0.1) is 10.2 Å². The Hall–Kier alpha value is -3.13. The number of nitrogens with one attached hydrogen (secondary N) is 1. The van der Waals surface area contributed by atoms with Gasteiger partial charge in [-0.25, -0.2) is 8.42 Å². The fourth-order valence-corrected chi connectivity index (χ4v) is 4.33. The number of methoxy groups -OCH3 is 1. The van der Waals surface area contributed by atoms with Crippen molar-refractivity contribution >= 4 is 21.5 Å². The van der Waals surface area contributed by atoms with Gasteiger partial charge in [0.25, 0.3) is 10.0 Å². The van der Waals surface area contributed by atoms with E-state index in [1.807, 2.05) is 24.3 Å². The monoisotopic (exact) mass is 410 g/mol. The number of anilines is 2. The Bertz CT molecular complexity index is 1060. The molecule has 0 bridgehead atoms. The molecule has 1 aliphatic rings. The molecule has 8 heteroatoms. The zero-order valence-electron chi connectivity index (χ0n) is 16.1. The molecule has 0 radical (unpaired) electrons. The third-order valence-electron chi connectivity index (χ3n) is 4.88. The second kappa shape index (κ2) is 8.08. The Kier molecular flexibility index (Phi) is 5.35. The molecule has 1 saturated heterocycles. The van der Waals surface area contributed by atoms with Gasteiger partial charge in [-0.05, 0) is 61.4 Å². The molecular formula is C21H22N4O3S. The SMILES string of the molecule is COc1ccc(S(=O)(=O)Nc2ccc(-c3ccc(N4CCCC4)nn3)cc2)cc1. The van der Waals surface area contributed by atoms with Crippen molar-refractivity contribution in [1.82, 2.24) is 10.2 Å². The topological polar surface area (TPSA) is 84.4 Å². The maximum Gasteiger partial charge on any atom is 0.261 e. The summed E-state index contributed by atoms with van der Waals surface area (Å²) in [5, 5.41) is 8.65. The number of ether oxygens (including phenoxy) is 1. The Balaban J connectivity index is 1.47. The van der Waals surface area contributed by atoms with Crippen LogP contribution < -0.4 is 14.4 Å². The number of nitrogens with zero attached hydrogens (tertiary/aromatic N) is 3. The van der Waals surface area contributed by atoms with E-state index in [9.17, 15) is 8.42 Å². The molecule has 0 atom stereocenters. The van der Waals surface area contributed by atoms with Gasteiger partial charge in [0.05, 0.1) is 17.7 Å². The number of hydrogen-bond donors (Lipinski definition) is 1. The molecule has 1 aliphatic heterocycles. The largest absolute Gasteiger partial charge is 0.497 e. The van der Waals surface area contributed by atoms with Crippen LogP contribution in [0.3, 0.4) is 0 Å². The highest BCUT2D eigenvalue weighted by atomic mass is 32.2. The van der Waals surface area contributed by atoms with E-state index in [0.29, 0.717) is 11.4 Å². The van der Waals surface area contributed by atoms with Gasteiger partial charge in [-0.2, -0.15) is 0 Å². The zero-order valence-corrected chi connectivity index (χ0v) is 16.9. The van der Waals surface area contributed by atoms with Gasteiger partial charge in [-0.1, -0.05) is 12.1 Å². The van der Waals surface area contributed by atoms with E-state index in [-0.39, 0.29) is 4.90 Å². The highest BCUT2D eigenvalue weighted by Crippen LogP contribution is 2.24. The van der Waals surface area contributed by atoms with Crippen molar-refractivity contribution in [3.05, 3.63) is 60.7 Å². The zero-order chi connectivity index (χ0) is 20.3. The molecule has 1 N–H and O–H groups in total. The summed E-state index contributed by atoms with van der Waals surface area (Å²) in [5.74, 6) is 1.50. The fraction of sp³-hybridized carbons (Fsp3) is 0.238. The molecular weight excluding hydrogens is 388 g/mol. The van der Waals surface area contributed by atoms with Gasteiger partial charge < -0.3 is 9.64 Å². The first-order chi connectivity index (χ1) is 14.0. The van der Waals surface area contributed by atoms with Crippen LogP contribution >= 0.6 is 0 Å². The van der Waals surface area contributed by atoms with Crippen molar-refractivity contribution in [1.29, 1.82) is 0 Å². The average Bonchev–Trinajstić information content (AvgIpc) is 3.29. The maximum atomic E-state index is 12.5. The second-order valence-corrected chi connectivity index (χ2v) is 8.51. The van der Waals surface area contributed by atoms with E-state index < -0.39 is 10.0 Å². The Morgan fingerprint density at radius 2 is 1.59 bits per heavy atom. The van der Waals surface area contributed by atoms with E-state index >= 15 is 0 Å². The lowest BCUT2D eigenvalue weighted by Gasteiger charge is -2.15.